The van der Waals surface area contributed by atoms with Crippen LogP contribution < -0.4 is 15.2 Å². The Morgan fingerprint density at radius 2 is 2.00 bits per heavy atom. The van der Waals surface area contributed by atoms with Gasteiger partial charge in [-0.1, -0.05) is 13.0 Å². The van der Waals surface area contributed by atoms with Crippen molar-refractivity contribution in [2.24, 2.45) is 5.73 Å². The molecule has 1 aromatic rings. The van der Waals surface area contributed by atoms with Crippen LogP contribution in [0.2, 0.25) is 0 Å². The predicted octanol–water partition coefficient (Wildman–Crippen LogP) is 2.52. The molecule has 4 heteroatoms. The molecule has 1 atom stereocenters. The van der Waals surface area contributed by atoms with Gasteiger partial charge < -0.3 is 19.9 Å². The average Bonchev–Trinajstić information content (AvgIpc) is 2.38. The molecule has 0 aromatic heterocycles. The first-order valence-corrected chi connectivity index (χ1v) is 6.33. The summed E-state index contributed by atoms with van der Waals surface area (Å²) in [5.74, 6) is 1.54. The fraction of sp³-hybridized carbons (Fsp3) is 0.571. The van der Waals surface area contributed by atoms with Crippen molar-refractivity contribution >= 4 is 0 Å². The van der Waals surface area contributed by atoms with Gasteiger partial charge in [-0.05, 0) is 19.4 Å². The molecule has 0 radical (unpaired) electrons. The highest BCUT2D eigenvalue weighted by molar-refractivity contribution is 5.42. The molecule has 2 N–H and O–H groups in total. The van der Waals surface area contributed by atoms with Crippen molar-refractivity contribution in [3.8, 4) is 11.5 Å². The van der Waals surface area contributed by atoms with Crippen LogP contribution in [-0.4, -0.2) is 26.9 Å². The molecule has 0 fully saturated rings. The van der Waals surface area contributed by atoms with E-state index in [4.69, 9.17) is 19.9 Å². The molecule has 0 heterocycles. The summed E-state index contributed by atoms with van der Waals surface area (Å²) in [6.45, 7) is 5.89. The van der Waals surface area contributed by atoms with E-state index in [0.29, 0.717) is 13.2 Å². The fourth-order valence-electron chi connectivity index (χ4n) is 1.60. The third kappa shape index (κ3) is 4.55. The number of hydrogen-bond donors (Lipinski definition) is 1. The minimum absolute atomic E-state index is 0.0672. The van der Waals surface area contributed by atoms with Gasteiger partial charge in [-0.3, -0.25) is 0 Å². The second-order valence-electron chi connectivity index (χ2n) is 4.15. The molecule has 0 aliphatic carbocycles. The summed E-state index contributed by atoms with van der Waals surface area (Å²) in [4.78, 5) is 0. The summed E-state index contributed by atoms with van der Waals surface area (Å²) in [6.07, 6.45) is 1.02. The summed E-state index contributed by atoms with van der Waals surface area (Å²) in [5.41, 5.74) is 6.88. The van der Waals surface area contributed by atoms with E-state index in [9.17, 15) is 0 Å². The van der Waals surface area contributed by atoms with Gasteiger partial charge in [0.15, 0.2) is 0 Å². The molecule has 0 aliphatic heterocycles. The van der Waals surface area contributed by atoms with Gasteiger partial charge in [0.1, 0.15) is 18.1 Å². The van der Waals surface area contributed by atoms with E-state index in [1.807, 2.05) is 25.1 Å². The van der Waals surface area contributed by atoms with E-state index in [0.717, 1.165) is 30.1 Å². The number of rotatable bonds is 8. The van der Waals surface area contributed by atoms with Crippen LogP contribution >= 0.6 is 0 Å². The van der Waals surface area contributed by atoms with Crippen molar-refractivity contribution in [3.63, 3.8) is 0 Å². The number of hydrogen-bond acceptors (Lipinski definition) is 4. The molecule has 0 spiro atoms. The second-order valence-corrected chi connectivity index (χ2v) is 4.15. The third-order valence-electron chi connectivity index (χ3n) is 2.54. The van der Waals surface area contributed by atoms with Gasteiger partial charge in [0.25, 0.3) is 0 Å². The fourth-order valence-corrected chi connectivity index (χ4v) is 1.60. The lowest BCUT2D eigenvalue weighted by Crippen LogP contribution is -2.11. The second kappa shape index (κ2) is 7.95. The summed E-state index contributed by atoms with van der Waals surface area (Å²) in [7, 11) is 1.63. The van der Waals surface area contributed by atoms with Crippen LogP contribution in [0.25, 0.3) is 0 Å². The van der Waals surface area contributed by atoms with Crippen LogP contribution in [0.15, 0.2) is 18.2 Å². The topological polar surface area (TPSA) is 53.7 Å². The smallest absolute Gasteiger partial charge is 0.127 e. The molecule has 4 nitrogen and oxygen atoms in total. The molecule has 1 aromatic carbocycles. The molecular formula is C14H23NO3. The van der Waals surface area contributed by atoms with Crippen molar-refractivity contribution in [2.45, 2.75) is 26.3 Å². The molecule has 1 rings (SSSR count). The largest absolute Gasteiger partial charge is 0.497 e. The molecule has 0 saturated heterocycles. The average molecular weight is 253 g/mol. The highest BCUT2D eigenvalue weighted by Gasteiger charge is 2.09. The van der Waals surface area contributed by atoms with Gasteiger partial charge in [-0.25, -0.2) is 0 Å². The van der Waals surface area contributed by atoms with E-state index in [1.54, 1.807) is 7.11 Å². The van der Waals surface area contributed by atoms with Gasteiger partial charge in [0.05, 0.1) is 13.7 Å². The molecule has 102 valence electrons. The van der Waals surface area contributed by atoms with Gasteiger partial charge in [0.2, 0.25) is 0 Å². The van der Waals surface area contributed by atoms with Crippen molar-refractivity contribution in [1.29, 1.82) is 0 Å². The van der Waals surface area contributed by atoms with Crippen LogP contribution in [0.3, 0.4) is 0 Å². The Kier molecular flexibility index (Phi) is 6.54. The lowest BCUT2D eigenvalue weighted by Gasteiger charge is -2.15. The Balaban J connectivity index is 2.60. The minimum Gasteiger partial charge on any atom is -0.497 e. The zero-order chi connectivity index (χ0) is 13.4. The van der Waals surface area contributed by atoms with Crippen LogP contribution in [-0.2, 0) is 4.74 Å². The van der Waals surface area contributed by atoms with E-state index < -0.39 is 0 Å². The zero-order valence-electron chi connectivity index (χ0n) is 11.4. The standard InChI is InChI=1S/C14H23NO3/c1-4-7-17-8-9-18-14-10-12(16-3)5-6-13(14)11(2)15/h5-6,10-11H,4,7-9,15H2,1-3H3. The van der Waals surface area contributed by atoms with Gasteiger partial charge in [0, 0.05) is 24.3 Å². The predicted molar refractivity (Wildman–Crippen MR) is 72.2 cm³/mol. The SMILES string of the molecule is CCCOCCOc1cc(OC)ccc1C(C)N. The third-order valence-corrected chi connectivity index (χ3v) is 2.54. The first-order valence-electron chi connectivity index (χ1n) is 6.33. The van der Waals surface area contributed by atoms with Crippen molar-refractivity contribution in [3.05, 3.63) is 23.8 Å². The Bertz CT molecular complexity index is 353. The summed E-state index contributed by atoms with van der Waals surface area (Å²) >= 11 is 0. The van der Waals surface area contributed by atoms with Crippen LogP contribution in [0.4, 0.5) is 0 Å². The Morgan fingerprint density at radius 1 is 1.22 bits per heavy atom. The molecule has 1 unspecified atom stereocenters. The normalized spacial score (nSPS) is 12.2. The maximum absolute atomic E-state index is 5.91. The zero-order valence-corrected chi connectivity index (χ0v) is 11.4. The quantitative estimate of drug-likeness (QED) is 0.723. The summed E-state index contributed by atoms with van der Waals surface area (Å²) < 4.78 is 16.3. The van der Waals surface area contributed by atoms with E-state index in [-0.39, 0.29) is 6.04 Å². The highest BCUT2D eigenvalue weighted by Crippen LogP contribution is 2.28. The van der Waals surface area contributed by atoms with Crippen LogP contribution in [0.1, 0.15) is 31.9 Å². The number of methoxy groups -OCH3 is 1. The van der Waals surface area contributed by atoms with Gasteiger partial charge in [-0.15, -0.1) is 0 Å². The van der Waals surface area contributed by atoms with E-state index in [2.05, 4.69) is 6.92 Å². The molecule has 0 amide bonds. The Morgan fingerprint density at radius 3 is 2.61 bits per heavy atom. The van der Waals surface area contributed by atoms with Crippen molar-refractivity contribution in [1.82, 2.24) is 0 Å². The number of benzene rings is 1. The molecular weight excluding hydrogens is 230 g/mol. The molecule has 0 aliphatic rings. The van der Waals surface area contributed by atoms with Crippen LogP contribution in [0, 0.1) is 0 Å². The summed E-state index contributed by atoms with van der Waals surface area (Å²) in [5, 5.41) is 0. The lowest BCUT2D eigenvalue weighted by molar-refractivity contribution is 0.100. The van der Waals surface area contributed by atoms with E-state index in [1.165, 1.54) is 0 Å². The highest BCUT2D eigenvalue weighted by atomic mass is 16.5. The minimum atomic E-state index is -0.0672. The number of ether oxygens (including phenoxy) is 3. The van der Waals surface area contributed by atoms with Crippen molar-refractivity contribution in [2.75, 3.05) is 26.9 Å². The van der Waals surface area contributed by atoms with Crippen LogP contribution in [0.5, 0.6) is 11.5 Å². The van der Waals surface area contributed by atoms with Crippen molar-refractivity contribution < 1.29 is 14.2 Å². The molecule has 0 saturated carbocycles. The first kappa shape index (κ1) is 14.8. The summed E-state index contributed by atoms with van der Waals surface area (Å²) in [6, 6.07) is 5.62. The van der Waals surface area contributed by atoms with E-state index >= 15 is 0 Å². The number of nitrogens with two attached hydrogens (primary N) is 1. The first-order chi connectivity index (χ1) is 8.69. The molecule has 18 heavy (non-hydrogen) atoms. The maximum Gasteiger partial charge on any atom is 0.127 e. The van der Waals surface area contributed by atoms with Gasteiger partial charge >= 0.3 is 0 Å². The van der Waals surface area contributed by atoms with Gasteiger partial charge in [-0.2, -0.15) is 0 Å². The maximum atomic E-state index is 5.91. The monoisotopic (exact) mass is 253 g/mol. The molecule has 0 bridgehead atoms. The lowest BCUT2D eigenvalue weighted by atomic mass is 10.1. The Labute approximate surface area is 109 Å². The Hall–Kier alpha value is -1.26.